The molecule has 0 saturated heterocycles. The smallest absolute Gasteiger partial charge is 0.296 e. The number of benzene rings is 2. The molecule has 172 valence electrons. The van der Waals surface area contributed by atoms with Gasteiger partial charge in [0.2, 0.25) is 5.78 Å². The Morgan fingerprint density at radius 2 is 1.79 bits per heavy atom. The number of thioether (sulfide) groups is 1. The van der Waals surface area contributed by atoms with Gasteiger partial charge in [-0.3, -0.25) is 19.5 Å². The number of Topliss-reactive ketones (excluding diaryl/α,β-unsaturated/α-hetero) is 1. The van der Waals surface area contributed by atoms with Crippen LogP contribution in [0.25, 0.3) is 0 Å². The fraction of sp³-hybridized carbons (Fsp3) is 0.160. The van der Waals surface area contributed by atoms with E-state index in [1.807, 2.05) is 12.1 Å². The summed E-state index contributed by atoms with van der Waals surface area (Å²) in [5.41, 5.74) is 1.25. The predicted molar refractivity (Wildman–Crippen MR) is 128 cm³/mol. The fourth-order valence-corrected chi connectivity index (χ4v) is 5.26. The zero-order valence-electron chi connectivity index (χ0n) is 17.9. The number of furan rings is 1. The van der Waals surface area contributed by atoms with Gasteiger partial charge in [-0.05, 0) is 54.4 Å². The summed E-state index contributed by atoms with van der Waals surface area (Å²) in [7, 11) is 0. The first-order valence-electron chi connectivity index (χ1n) is 10.4. The molecule has 1 amide bonds. The highest BCUT2D eigenvalue weighted by molar-refractivity contribution is 8.14. The van der Waals surface area contributed by atoms with E-state index in [4.69, 9.17) is 21.0 Å². The van der Waals surface area contributed by atoms with Crippen molar-refractivity contribution < 1.29 is 23.5 Å². The summed E-state index contributed by atoms with van der Waals surface area (Å²) in [6.07, 6.45) is 0. The van der Waals surface area contributed by atoms with Crippen molar-refractivity contribution in [3.63, 3.8) is 0 Å². The van der Waals surface area contributed by atoms with E-state index in [2.05, 4.69) is 0 Å². The highest BCUT2D eigenvalue weighted by Crippen LogP contribution is 2.43. The Morgan fingerprint density at radius 3 is 2.44 bits per heavy atom. The van der Waals surface area contributed by atoms with E-state index in [9.17, 15) is 19.1 Å². The molecule has 2 aliphatic rings. The molecule has 34 heavy (non-hydrogen) atoms. The van der Waals surface area contributed by atoms with Gasteiger partial charge in [0.1, 0.15) is 11.6 Å². The second-order valence-electron chi connectivity index (χ2n) is 7.92. The molecule has 0 aliphatic carbocycles. The van der Waals surface area contributed by atoms with Crippen LogP contribution in [-0.2, 0) is 4.79 Å². The van der Waals surface area contributed by atoms with Crippen LogP contribution in [0.2, 0.25) is 5.02 Å². The average molecular weight is 497 g/mol. The van der Waals surface area contributed by atoms with Gasteiger partial charge < -0.3 is 9.52 Å². The van der Waals surface area contributed by atoms with Gasteiger partial charge in [-0.15, -0.1) is 0 Å². The number of ketones is 1. The molecule has 6 nitrogen and oxygen atoms in total. The number of carbonyl (C=O) groups excluding carboxylic acids is 2. The highest BCUT2D eigenvalue weighted by Gasteiger charge is 2.47. The van der Waals surface area contributed by atoms with Crippen LogP contribution in [0.15, 0.2) is 81.4 Å². The van der Waals surface area contributed by atoms with Crippen LogP contribution in [0.5, 0.6) is 0 Å². The van der Waals surface area contributed by atoms with Crippen molar-refractivity contribution in [1.82, 2.24) is 4.90 Å². The quantitative estimate of drug-likeness (QED) is 0.461. The zero-order valence-corrected chi connectivity index (χ0v) is 19.4. The molecular weight excluding hydrogens is 479 g/mol. The van der Waals surface area contributed by atoms with Gasteiger partial charge >= 0.3 is 0 Å². The van der Waals surface area contributed by atoms with Crippen LogP contribution < -0.4 is 0 Å². The van der Waals surface area contributed by atoms with E-state index >= 15 is 0 Å². The van der Waals surface area contributed by atoms with Crippen LogP contribution in [0.4, 0.5) is 4.39 Å². The summed E-state index contributed by atoms with van der Waals surface area (Å²) >= 11 is 7.33. The van der Waals surface area contributed by atoms with Crippen molar-refractivity contribution in [2.75, 3.05) is 5.75 Å². The number of hydrogen-bond acceptors (Lipinski definition) is 6. The van der Waals surface area contributed by atoms with Crippen LogP contribution in [0.1, 0.15) is 39.5 Å². The van der Waals surface area contributed by atoms with Gasteiger partial charge in [0.15, 0.2) is 16.7 Å². The molecule has 2 atom stereocenters. The van der Waals surface area contributed by atoms with Gasteiger partial charge in [0, 0.05) is 10.8 Å². The lowest BCUT2D eigenvalue weighted by Gasteiger charge is -2.25. The Kier molecular flexibility index (Phi) is 5.79. The summed E-state index contributed by atoms with van der Waals surface area (Å²) in [5.74, 6) is -1.41. The first-order valence-corrected chi connectivity index (χ1v) is 11.8. The summed E-state index contributed by atoms with van der Waals surface area (Å²) < 4.78 is 19.1. The monoisotopic (exact) mass is 496 g/mol. The number of nitrogens with zero attached hydrogens (tertiary/aromatic N) is 2. The number of aliphatic hydroxyl groups excluding tert-OH is 1. The van der Waals surface area contributed by atoms with Crippen molar-refractivity contribution in [2.24, 2.45) is 4.99 Å². The number of aryl methyl sites for hydroxylation is 1. The van der Waals surface area contributed by atoms with E-state index in [1.165, 1.54) is 47.0 Å². The van der Waals surface area contributed by atoms with Gasteiger partial charge in [-0.25, -0.2) is 4.39 Å². The third kappa shape index (κ3) is 3.93. The molecule has 2 aliphatic heterocycles. The molecule has 0 bridgehead atoms. The maximum atomic E-state index is 13.7. The number of amidine groups is 1. The van der Waals surface area contributed by atoms with Gasteiger partial charge in [0.05, 0.1) is 17.7 Å². The van der Waals surface area contributed by atoms with Crippen LogP contribution in [-0.4, -0.2) is 32.6 Å². The van der Waals surface area contributed by atoms with E-state index in [1.54, 1.807) is 25.1 Å². The Labute approximate surface area is 203 Å². The molecule has 5 rings (SSSR count). The number of halogens is 2. The molecule has 3 aromatic rings. The topological polar surface area (TPSA) is 83.1 Å². The SMILES string of the molecule is Cc1ccc(C(=O)C2=C(O)C(=O)N(C3=NC(c4ccc(Cl)cc4)CS3)C2c2ccc(F)cc2)o1. The van der Waals surface area contributed by atoms with Crippen molar-refractivity contribution in [3.05, 3.63) is 105 Å². The van der Waals surface area contributed by atoms with Gasteiger partial charge in [-0.2, -0.15) is 0 Å². The summed E-state index contributed by atoms with van der Waals surface area (Å²) in [6.45, 7) is 1.69. The highest BCUT2D eigenvalue weighted by atomic mass is 35.5. The van der Waals surface area contributed by atoms with E-state index in [0.29, 0.717) is 27.3 Å². The van der Waals surface area contributed by atoms with E-state index < -0.39 is 29.3 Å². The predicted octanol–water partition coefficient (Wildman–Crippen LogP) is 5.80. The van der Waals surface area contributed by atoms with Crippen LogP contribution in [0.3, 0.4) is 0 Å². The minimum atomic E-state index is -0.985. The number of carbonyl (C=O) groups is 2. The third-order valence-electron chi connectivity index (χ3n) is 5.70. The summed E-state index contributed by atoms with van der Waals surface area (Å²) in [6, 6.07) is 14.6. The first kappa shape index (κ1) is 22.4. The van der Waals surface area contributed by atoms with Crippen LogP contribution >= 0.6 is 23.4 Å². The molecule has 2 unspecified atom stereocenters. The number of aliphatic imine (C=N–C) groups is 1. The zero-order chi connectivity index (χ0) is 24.0. The molecule has 0 radical (unpaired) electrons. The van der Waals surface area contributed by atoms with Crippen molar-refractivity contribution >= 4 is 40.2 Å². The fourth-order valence-electron chi connectivity index (χ4n) is 4.03. The second kappa shape index (κ2) is 8.77. The lowest BCUT2D eigenvalue weighted by atomic mass is 9.95. The molecule has 0 fully saturated rings. The maximum absolute atomic E-state index is 13.7. The van der Waals surface area contributed by atoms with Crippen molar-refractivity contribution in [3.8, 4) is 0 Å². The Bertz CT molecular complexity index is 1350. The number of hydrogen-bond donors (Lipinski definition) is 1. The Balaban J connectivity index is 1.57. The van der Waals surface area contributed by atoms with Gasteiger partial charge in [-0.1, -0.05) is 47.6 Å². The Morgan fingerprint density at radius 1 is 1.12 bits per heavy atom. The molecule has 9 heteroatoms. The molecule has 0 saturated carbocycles. The first-order chi connectivity index (χ1) is 16.3. The molecule has 3 heterocycles. The van der Waals surface area contributed by atoms with E-state index in [-0.39, 0.29) is 17.4 Å². The third-order valence-corrected chi connectivity index (χ3v) is 6.99. The number of amides is 1. The average Bonchev–Trinajstić information content (AvgIpc) is 3.54. The standard InChI is InChI=1S/C25H18ClFN2O4S/c1-13-2-11-19(33-13)22(30)20-21(15-5-9-17(27)10-6-15)29(24(32)23(20)31)25-28-18(12-34-25)14-3-7-16(26)8-4-14/h2-11,18,21,31H,12H2,1H3. The maximum Gasteiger partial charge on any atom is 0.296 e. The van der Waals surface area contributed by atoms with Gasteiger partial charge in [0.25, 0.3) is 5.91 Å². The minimum Gasteiger partial charge on any atom is -0.503 e. The summed E-state index contributed by atoms with van der Waals surface area (Å²) in [4.78, 5) is 32.6. The lowest BCUT2D eigenvalue weighted by molar-refractivity contribution is -0.125. The number of rotatable bonds is 4. The van der Waals surface area contributed by atoms with E-state index in [0.717, 1.165) is 5.56 Å². The molecule has 1 N–H and O–H groups in total. The largest absolute Gasteiger partial charge is 0.503 e. The Hall–Kier alpha value is -3.36. The lowest BCUT2D eigenvalue weighted by Crippen LogP contribution is -2.34. The summed E-state index contributed by atoms with van der Waals surface area (Å²) in [5, 5.41) is 11.8. The van der Waals surface area contributed by atoms with Crippen molar-refractivity contribution in [1.29, 1.82) is 0 Å². The molecule has 2 aromatic carbocycles. The molecule has 1 aromatic heterocycles. The van der Waals surface area contributed by atoms with Crippen LogP contribution in [0, 0.1) is 12.7 Å². The van der Waals surface area contributed by atoms with Crippen molar-refractivity contribution in [2.45, 2.75) is 19.0 Å². The normalized spacial score (nSPS) is 20.3. The number of aliphatic hydroxyl groups is 1. The molecular formula is C25H18ClFN2O4S. The second-order valence-corrected chi connectivity index (χ2v) is 9.34. The minimum absolute atomic E-state index is 0.000802. The molecule has 0 spiro atoms.